The fraction of sp³-hybridized carbons (Fsp3) is 0.857. The van der Waals surface area contributed by atoms with Crippen LogP contribution in [0.4, 0.5) is 4.79 Å². The van der Waals surface area contributed by atoms with Gasteiger partial charge in [-0.25, -0.2) is 4.79 Å². The summed E-state index contributed by atoms with van der Waals surface area (Å²) in [7, 11) is 0. The highest BCUT2D eigenvalue weighted by atomic mass is 16.6. The lowest BCUT2D eigenvalue weighted by atomic mass is 9.49. The second-order valence-corrected chi connectivity index (χ2v) is 9.30. The van der Waals surface area contributed by atoms with Crippen molar-refractivity contribution in [3.63, 3.8) is 0 Å². The van der Waals surface area contributed by atoms with Gasteiger partial charge in [0, 0.05) is 19.1 Å². The summed E-state index contributed by atoms with van der Waals surface area (Å²) in [5, 5.41) is 2.94. The first-order valence-corrected chi connectivity index (χ1v) is 10.9. The summed E-state index contributed by atoms with van der Waals surface area (Å²) in [4.78, 5) is 38.5. The van der Waals surface area contributed by atoms with Crippen LogP contribution in [-0.2, 0) is 19.1 Å². The molecule has 5 rings (SSSR count). The molecular weight excluding hydrogens is 360 g/mol. The maximum atomic E-state index is 12.8. The van der Waals surface area contributed by atoms with Crippen LogP contribution in [0.2, 0.25) is 0 Å². The average molecular weight is 392 g/mol. The van der Waals surface area contributed by atoms with E-state index in [1.807, 2.05) is 0 Å². The average Bonchev–Trinajstić information content (AvgIpc) is 2.66. The number of carbonyl (C=O) groups is 3. The van der Waals surface area contributed by atoms with Crippen molar-refractivity contribution in [2.75, 3.05) is 26.3 Å². The molecule has 4 aliphatic carbocycles. The van der Waals surface area contributed by atoms with Gasteiger partial charge in [-0.2, -0.15) is 0 Å². The lowest BCUT2D eigenvalue weighted by Crippen LogP contribution is -2.51. The number of carbonyl (C=O) groups excluding carboxylic acids is 3. The molecule has 5 fully saturated rings. The predicted molar refractivity (Wildman–Crippen MR) is 101 cm³/mol. The number of amides is 2. The first-order chi connectivity index (χ1) is 13.5. The van der Waals surface area contributed by atoms with Crippen molar-refractivity contribution in [2.45, 2.75) is 64.3 Å². The van der Waals surface area contributed by atoms with E-state index in [0.717, 1.165) is 19.3 Å². The molecule has 1 N–H and O–H groups in total. The Morgan fingerprint density at radius 1 is 0.964 bits per heavy atom. The van der Waals surface area contributed by atoms with Gasteiger partial charge in [0.2, 0.25) is 0 Å². The number of ether oxygens (including phenoxy) is 2. The van der Waals surface area contributed by atoms with E-state index in [4.69, 9.17) is 9.47 Å². The minimum Gasteiger partial charge on any atom is -0.455 e. The van der Waals surface area contributed by atoms with Crippen LogP contribution < -0.4 is 5.32 Å². The number of esters is 1. The van der Waals surface area contributed by atoms with Crippen molar-refractivity contribution in [3.05, 3.63) is 0 Å². The maximum Gasteiger partial charge on any atom is 0.409 e. The van der Waals surface area contributed by atoms with Gasteiger partial charge in [-0.15, -0.1) is 0 Å². The molecule has 0 unspecified atom stereocenters. The Labute approximate surface area is 166 Å². The molecule has 0 atom stereocenters. The van der Waals surface area contributed by atoms with Crippen LogP contribution >= 0.6 is 0 Å². The number of nitrogens with one attached hydrogen (secondary N) is 1. The smallest absolute Gasteiger partial charge is 0.409 e. The fourth-order valence-electron chi connectivity index (χ4n) is 6.34. The predicted octanol–water partition coefficient (Wildman–Crippen LogP) is 2.48. The molecule has 4 saturated carbocycles. The summed E-state index contributed by atoms with van der Waals surface area (Å²) in [5.74, 6) is 1.64. The van der Waals surface area contributed by atoms with E-state index in [1.165, 1.54) is 19.3 Å². The second-order valence-electron chi connectivity index (χ2n) is 9.30. The monoisotopic (exact) mass is 392 g/mol. The number of hydrogen-bond donors (Lipinski definition) is 1. The largest absolute Gasteiger partial charge is 0.455 e. The first-order valence-electron chi connectivity index (χ1n) is 10.9. The van der Waals surface area contributed by atoms with E-state index in [-0.39, 0.29) is 36.0 Å². The van der Waals surface area contributed by atoms with Gasteiger partial charge >= 0.3 is 12.1 Å². The molecule has 7 nitrogen and oxygen atoms in total. The zero-order chi connectivity index (χ0) is 19.7. The standard InChI is InChI=1S/C21H32N2O5/c1-2-27-20(26)23-5-3-17(4-6-23)22-18(24)13-28-19(25)21-10-14-7-15(11-21)9-16(8-14)12-21/h14-17H,2-13H2,1H3,(H,22,24). The molecule has 5 aliphatic rings. The number of nitrogens with zero attached hydrogens (tertiary/aromatic N) is 1. The van der Waals surface area contributed by atoms with Crippen LogP contribution in [0.25, 0.3) is 0 Å². The summed E-state index contributed by atoms with van der Waals surface area (Å²) >= 11 is 0. The molecule has 156 valence electrons. The number of likely N-dealkylation sites (tertiary alicyclic amines) is 1. The van der Waals surface area contributed by atoms with Gasteiger partial charge in [-0.1, -0.05) is 0 Å². The molecule has 1 aliphatic heterocycles. The van der Waals surface area contributed by atoms with Crippen molar-refractivity contribution in [1.29, 1.82) is 0 Å². The summed E-state index contributed by atoms with van der Waals surface area (Å²) in [6.07, 6.45) is 7.76. The summed E-state index contributed by atoms with van der Waals surface area (Å²) in [5.41, 5.74) is -0.319. The summed E-state index contributed by atoms with van der Waals surface area (Å²) in [6, 6.07) is 0.0106. The molecule has 0 aromatic heterocycles. The van der Waals surface area contributed by atoms with Crippen molar-refractivity contribution < 1.29 is 23.9 Å². The second kappa shape index (κ2) is 7.91. The zero-order valence-corrected chi connectivity index (χ0v) is 16.8. The molecule has 1 saturated heterocycles. The first kappa shape index (κ1) is 19.5. The Morgan fingerprint density at radius 3 is 2.07 bits per heavy atom. The third-order valence-corrected chi connectivity index (χ3v) is 7.19. The molecule has 1 heterocycles. The minimum absolute atomic E-state index is 0.0106. The highest BCUT2D eigenvalue weighted by molar-refractivity contribution is 5.83. The van der Waals surface area contributed by atoms with E-state index in [1.54, 1.807) is 11.8 Å². The third-order valence-electron chi connectivity index (χ3n) is 7.19. The quantitative estimate of drug-likeness (QED) is 0.727. The van der Waals surface area contributed by atoms with Crippen LogP contribution in [0.15, 0.2) is 0 Å². The van der Waals surface area contributed by atoms with Gasteiger partial charge < -0.3 is 19.7 Å². The Kier molecular flexibility index (Phi) is 5.52. The van der Waals surface area contributed by atoms with Crippen LogP contribution in [-0.4, -0.2) is 55.2 Å². The molecule has 2 amide bonds. The number of rotatable bonds is 5. The number of piperidine rings is 1. The summed E-state index contributed by atoms with van der Waals surface area (Å²) < 4.78 is 10.5. The molecule has 0 radical (unpaired) electrons. The third kappa shape index (κ3) is 3.98. The molecule has 0 spiro atoms. The lowest BCUT2D eigenvalue weighted by Gasteiger charge is -2.55. The van der Waals surface area contributed by atoms with E-state index in [0.29, 0.717) is 50.3 Å². The zero-order valence-electron chi connectivity index (χ0n) is 16.8. The summed E-state index contributed by atoms with van der Waals surface area (Å²) in [6.45, 7) is 3.09. The van der Waals surface area contributed by atoms with Crippen molar-refractivity contribution in [1.82, 2.24) is 10.2 Å². The van der Waals surface area contributed by atoms with Gasteiger partial charge in [0.25, 0.3) is 5.91 Å². The topological polar surface area (TPSA) is 84.9 Å². The molecule has 7 heteroatoms. The maximum absolute atomic E-state index is 12.8. The Balaban J connectivity index is 1.20. The van der Waals surface area contributed by atoms with Crippen LogP contribution in [0.5, 0.6) is 0 Å². The fourth-order valence-corrected chi connectivity index (χ4v) is 6.34. The van der Waals surface area contributed by atoms with Gasteiger partial charge in [0.1, 0.15) is 0 Å². The molecular formula is C21H32N2O5. The van der Waals surface area contributed by atoms with Crippen molar-refractivity contribution in [3.8, 4) is 0 Å². The lowest BCUT2D eigenvalue weighted by molar-refractivity contribution is -0.173. The minimum atomic E-state index is -0.319. The number of hydrogen-bond acceptors (Lipinski definition) is 5. The van der Waals surface area contributed by atoms with E-state index in [2.05, 4.69) is 5.32 Å². The van der Waals surface area contributed by atoms with E-state index in [9.17, 15) is 14.4 Å². The van der Waals surface area contributed by atoms with E-state index >= 15 is 0 Å². The SMILES string of the molecule is CCOC(=O)N1CCC(NC(=O)COC(=O)C23CC4CC(CC(C4)C2)C3)CC1. The van der Waals surface area contributed by atoms with Crippen molar-refractivity contribution >= 4 is 18.0 Å². The van der Waals surface area contributed by atoms with Gasteiger partial charge in [-0.05, 0) is 76.0 Å². The molecule has 0 aromatic carbocycles. The normalized spacial score (nSPS) is 34.2. The van der Waals surface area contributed by atoms with Gasteiger partial charge in [-0.3, -0.25) is 9.59 Å². The van der Waals surface area contributed by atoms with Crippen LogP contribution in [0, 0.1) is 23.2 Å². The molecule has 28 heavy (non-hydrogen) atoms. The Bertz CT molecular complexity index is 591. The highest BCUT2D eigenvalue weighted by Crippen LogP contribution is 2.60. The molecule has 0 aromatic rings. The Hall–Kier alpha value is -1.79. The molecule has 4 bridgehead atoms. The van der Waals surface area contributed by atoms with Gasteiger partial charge in [0.05, 0.1) is 12.0 Å². The Morgan fingerprint density at radius 2 is 1.54 bits per heavy atom. The van der Waals surface area contributed by atoms with Crippen LogP contribution in [0.1, 0.15) is 58.3 Å². The van der Waals surface area contributed by atoms with E-state index < -0.39 is 0 Å². The highest BCUT2D eigenvalue weighted by Gasteiger charge is 2.55. The van der Waals surface area contributed by atoms with Gasteiger partial charge in [0.15, 0.2) is 6.61 Å². The van der Waals surface area contributed by atoms with Crippen molar-refractivity contribution in [2.24, 2.45) is 23.2 Å². The van der Waals surface area contributed by atoms with Crippen LogP contribution in [0.3, 0.4) is 0 Å².